The van der Waals surface area contributed by atoms with E-state index in [1.165, 1.54) is 0 Å². The zero-order valence-electron chi connectivity index (χ0n) is 13.1. The van der Waals surface area contributed by atoms with Gasteiger partial charge in [0, 0.05) is 24.9 Å². The summed E-state index contributed by atoms with van der Waals surface area (Å²) < 4.78 is 5.58. The minimum atomic E-state index is -0.816. The van der Waals surface area contributed by atoms with Crippen LogP contribution in [0.3, 0.4) is 0 Å². The molecule has 2 rings (SSSR count). The lowest BCUT2D eigenvalue weighted by Gasteiger charge is -2.30. The first-order valence-electron chi connectivity index (χ1n) is 7.50. The summed E-state index contributed by atoms with van der Waals surface area (Å²) in [4.78, 5) is 14.0. The molecule has 116 valence electrons. The van der Waals surface area contributed by atoms with Crippen molar-refractivity contribution in [3.8, 4) is 5.75 Å². The second kappa shape index (κ2) is 6.06. The average Bonchev–Trinajstić information content (AvgIpc) is 2.65. The Morgan fingerprint density at radius 2 is 1.90 bits per heavy atom. The number of para-hydroxylation sites is 1. The van der Waals surface area contributed by atoms with Gasteiger partial charge in [-0.3, -0.25) is 4.79 Å². The van der Waals surface area contributed by atoms with Crippen LogP contribution in [-0.2, 0) is 4.79 Å². The molecule has 0 aliphatic carbocycles. The van der Waals surface area contributed by atoms with E-state index < -0.39 is 5.60 Å². The van der Waals surface area contributed by atoms with Crippen LogP contribution in [0.2, 0.25) is 0 Å². The van der Waals surface area contributed by atoms with E-state index in [2.05, 4.69) is 0 Å². The third-order valence-corrected chi connectivity index (χ3v) is 4.44. The molecule has 0 unspecified atom stereocenters. The molecule has 1 N–H and O–H groups in total. The second-order valence-corrected chi connectivity index (χ2v) is 6.67. The van der Waals surface area contributed by atoms with Crippen molar-refractivity contribution in [1.29, 1.82) is 0 Å². The van der Waals surface area contributed by atoms with Gasteiger partial charge in [-0.2, -0.15) is 0 Å². The molecule has 1 aromatic carbocycles. The van der Waals surface area contributed by atoms with Gasteiger partial charge in [0.2, 0.25) is 5.91 Å². The average molecular weight is 291 g/mol. The molecule has 4 heteroatoms. The van der Waals surface area contributed by atoms with Gasteiger partial charge in [0.05, 0.1) is 12.2 Å². The molecule has 1 atom stereocenters. The summed E-state index contributed by atoms with van der Waals surface area (Å²) in [5.74, 6) is 0.924. The smallest absolute Gasteiger partial charge is 0.222 e. The van der Waals surface area contributed by atoms with Crippen LogP contribution in [0.1, 0.15) is 33.6 Å². The van der Waals surface area contributed by atoms with Crippen LogP contribution in [-0.4, -0.2) is 41.2 Å². The molecule has 21 heavy (non-hydrogen) atoms. The van der Waals surface area contributed by atoms with Gasteiger partial charge in [-0.05, 0) is 25.5 Å². The van der Waals surface area contributed by atoms with Crippen molar-refractivity contribution < 1.29 is 14.6 Å². The SMILES string of the molecule is CC1(C)CN(C(=O)CCCOc2ccccc2)C[C@@]1(C)O. The molecule has 0 aromatic heterocycles. The van der Waals surface area contributed by atoms with E-state index in [9.17, 15) is 9.90 Å². The van der Waals surface area contributed by atoms with E-state index in [4.69, 9.17) is 4.74 Å². The van der Waals surface area contributed by atoms with E-state index in [-0.39, 0.29) is 11.3 Å². The third kappa shape index (κ3) is 3.76. The minimum Gasteiger partial charge on any atom is -0.494 e. The number of carbonyl (C=O) groups is 1. The number of rotatable bonds is 5. The normalized spacial score (nSPS) is 24.1. The van der Waals surface area contributed by atoms with Crippen molar-refractivity contribution >= 4 is 5.91 Å². The Morgan fingerprint density at radius 3 is 2.48 bits per heavy atom. The number of carbonyl (C=O) groups excluding carboxylic acids is 1. The summed E-state index contributed by atoms with van der Waals surface area (Å²) in [7, 11) is 0. The van der Waals surface area contributed by atoms with Crippen LogP contribution >= 0.6 is 0 Å². The molecule has 4 nitrogen and oxygen atoms in total. The van der Waals surface area contributed by atoms with E-state index in [1.807, 2.05) is 44.2 Å². The summed E-state index contributed by atoms with van der Waals surface area (Å²) in [6.07, 6.45) is 1.14. The maximum atomic E-state index is 12.2. The molecule has 0 radical (unpaired) electrons. The summed E-state index contributed by atoms with van der Waals surface area (Å²) in [6.45, 7) is 7.36. The van der Waals surface area contributed by atoms with Crippen LogP contribution in [0.5, 0.6) is 5.75 Å². The van der Waals surface area contributed by atoms with E-state index in [0.29, 0.717) is 32.5 Å². The summed E-state index contributed by atoms with van der Waals surface area (Å²) in [5, 5.41) is 10.3. The predicted octanol–water partition coefficient (Wildman–Crippen LogP) is 2.47. The monoisotopic (exact) mass is 291 g/mol. The highest BCUT2D eigenvalue weighted by molar-refractivity contribution is 5.76. The molecule has 0 bridgehead atoms. The topological polar surface area (TPSA) is 49.8 Å². The van der Waals surface area contributed by atoms with Gasteiger partial charge in [0.1, 0.15) is 5.75 Å². The number of hydrogen-bond acceptors (Lipinski definition) is 3. The Hall–Kier alpha value is -1.55. The molecule has 1 aromatic rings. The predicted molar refractivity (Wildman–Crippen MR) is 82.2 cm³/mol. The van der Waals surface area contributed by atoms with Gasteiger partial charge >= 0.3 is 0 Å². The van der Waals surface area contributed by atoms with Crippen LogP contribution in [0.4, 0.5) is 0 Å². The lowest BCUT2D eigenvalue weighted by atomic mass is 9.79. The first-order valence-corrected chi connectivity index (χ1v) is 7.50. The number of aliphatic hydroxyl groups is 1. The summed E-state index contributed by atoms with van der Waals surface area (Å²) >= 11 is 0. The lowest BCUT2D eigenvalue weighted by molar-refractivity contribution is -0.131. The second-order valence-electron chi connectivity index (χ2n) is 6.67. The van der Waals surface area contributed by atoms with Gasteiger partial charge in [-0.15, -0.1) is 0 Å². The van der Waals surface area contributed by atoms with Crippen molar-refractivity contribution in [3.05, 3.63) is 30.3 Å². The molecule has 1 heterocycles. The van der Waals surface area contributed by atoms with Gasteiger partial charge in [0.15, 0.2) is 0 Å². The zero-order valence-corrected chi connectivity index (χ0v) is 13.1. The van der Waals surface area contributed by atoms with Crippen molar-refractivity contribution in [2.45, 2.75) is 39.2 Å². The first kappa shape index (κ1) is 15.8. The molecule has 1 aliphatic rings. The van der Waals surface area contributed by atoms with Gasteiger partial charge < -0.3 is 14.7 Å². The first-order chi connectivity index (χ1) is 9.82. The lowest BCUT2D eigenvalue weighted by Crippen LogP contribution is -2.40. The molecule has 1 amide bonds. The van der Waals surface area contributed by atoms with E-state index in [1.54, 1.807) is 11.8 Å². The summed E-state index contributed by atoms with van der Waals surface area (Å²) in [5.41, 5.74) is -1.08. The van der Waals surface area contributed by atoms with E-state index >= 15 is 0 Å². The Balaban J connectivity index is 1.74. The number of benzene rings is 1. The van der Waals surface area contributed by atoms with Crippen molar-refractivity contribution in [2.75, 3.05) is 19.7 Å². The Kier molecular flexibility index (Phi) is 4.57. The molecular weight excluding hydrogens is 266 g/mol. The Bertz CT molecular complexity index is 466. The number of amides is 1. The highest BCUT2D eigenvalue weighted by atomic mass is 16.5. The zero-order chi connectivity index (χ0) is 15.5. The van der Waals surface area contributed by atoms with Crippen LogP contribution < -0.4 is 4.74 Å². The fourth-order valence-electron chi connectivity index (χ4n) is 2.55. The Morgan fingerprint density at radius 1 is 1.24 bits per heavy atom. The fraction of sp³-hybridized carbons (Fsp3) is 0.588. The minimum absolute atomic E-state index is 0.0949. The highest BCUT2D eigenvalue weighted by Crippen LogP contribution is 2.38. The molecule has 0 spiro atoms. The van der Waals surface area contributed by atoms with Gasteiger partial charge in [-0.25, -0.2) is 0 Å². The molecule has 1 fully saturated rings. The highest BCUT2D eigenvalue weighted by Gasteiger charge is 2.48. The number of ether oxygens (including phenoxy) is 1. The van der Waals surface area contributed by atoms with Gasteiger partial charge in [0.25, 0.3) is 0 Å². The fourth-order valence-corrected chi connectivity index (χ4v) is 2.55. The molecule has 0 saturated carbocycles. The maximum Gasteiger partial charge on any atom is 0.222 e. The largest absolute Gasteiger partial charge is 0.494 e. The number of likely N-dealkylation sites (tertiary alicyclic amines) is 1. The molecule has 1 saturated heterocycles. The molecule has 1 aliphatic heterocycles. The number of β-amino-alcohol motifs (C(OH)–C–C–N with tert-alkyl or cyclic N) is 1. The van der Waals surface area contributed by atoms with Crippen LogP contribution in [0.25, 0.3) is 0 Å². The number of hydrogen-bond donors (Lipinski definition) is 1. The Labute approximate surface area is 126 Å². The maximum absolute atomic E-state index is 12.2. The molecular formula is C17H25NO3. The van der Waals surface area contributed by atoms with Gasteiger partial charge in [-0.1, -0.05) is 32.0 Å². The van der Waals surface area contributed by atoms with Crippen molar-refractivity contribution in [1.82, 2.24) is 4.90 Å². The van der Waals surface area contributed by atoms with Crippen molar-refractivity contribution in [3.63, 3.8) is 0 Å². The quantitative estimate of drug-likeness (QED) is 0.848. The van der Waals surface area contributed by atoms with Crippen molar-refractivity contribution in [2.24, 2.45) is 5.41 Å². The summed E-state index contributed by atoms with van der Waals surface area (Å²) in [6, 6.07) is 9.60. The number of nitrogens with zero attached hydrogens (tertiary/aromatic N) is 1. The third-order valence-electron chi connectivity index (χ3n) is 4.44. The van der Waals surface area contributed by atoms with E-state index in [0.717, 1.165) is 5.75 Å². The van der Waals surface area contributed by atoms with Crippen LogP contribution in [0.15, 0.2) is 30.3 Å². The van der Waals surface area contributed by atoms with Crippen LogP contribution in [0, 0.1) is 5.41 Å². The standard InChI is InChI=1S/C17H25NO3/c1-16(2)12-18(13-17(16,3)20)15(19)10-7-11-21-14-8-5-4-6-9-14/h4-6,8-9,20H,7,10-13H2,1-3H3/t17-/m1/s1.